The van der Waals surface area contributed by atoms with Crippen LogP contribution in [0.3, 0.4) is 0 Å². The van der Waals surface area contributed by atoms with Gasteiger partial charge in [0.15, 0.2) is 6.10 Å². The summed E-state index contributed by atoms with van der Waals surface area (Å²) in [6.07, 6.45) is 87.3. The van der Waals surface area contributed by atoms with Gasteiger partial charge < -0.3 is 14.2 Å². The predicted molar refractivity (Wildman–Crippen MR) is 339 cm³/mol. The molecule has 0 aromatic heterocycles. The average Bonchev–Trinajstić information content (AvgIpc) is 3.44. The number of hydrogen-bond donors (Lipinski definition) is 0. The topological polar surface area (TPSA) is 78.9 Å². The quantitative estimate of drug-likeness (QED) is 0.0261. The lowest BCUT2D eigenvalue weighted by Crippen LogP contribution is -2.30. The Balaban J connectivity index is 4.38. The van der Waals surface area contributed by atoms with E-state index in [1.165, 1.54) is 186 Å². The third kappa shape index (κ3) is 63.4. The summed E-state index contributed by atoms with van der Waals surface area (Å²) in [7, 11) is 0. The second-order valence-electron chi connectivity index (χ2n) is 22.4. The van der Waals surface area contributed by atoms with Crippen molar-refractivity contribution in [2.24, 2.45) is 0 Å². The van der Waals surface area contributed by atoms with Gasteiger partial charge in [0.25, 0.3) is 0 Å². The second kappa shape index (κ2) is 66.1. The Kier molecular flexibility index (Phi) is 63.2. The molecule has 0 N–H and O–H groups in total. The van der Waals surface area contributed by atoms with Crippen LogP contribution in [0.2, 0.25) is 0 Å². The predicted octanol–water partition coefficient (Wildman–Crippen LogP) is 23.1. The maximum absolute atomic E-state index is 12.9. The Labute approximate surface area is 484 Å². The van der Waals surface area contributed by atoms with Gasteiger partial charge in [-0.3, -0.25) is 14.4 Å². The van der Waals surface area contributed by atoms with E-state index >= 15 is 0 Å². The lowest BCUT2D eigenvalue weighted by atomic mass is 10.0. The number of allylic oxidation sites excluding steroid dienone is 14. The SMILES string of the molecule is CC/C=C\C/C=C\C/C=C\C/C=C\CCCCCCCCCCC(=O)OC(COC(=O)CCCCCCCCCC/C=C\C/C=C\C/C=C\CCCCCCC)COC(=O)CCCCCCCCCCCCCCCCCC. The van der Waals surface area contributed by atoms with E-state index in [9.17, 15) is 14.4 Å². The van der Waals surface area contributed by atoms with Crippen molar-refractivity contribution in [2.75, 3.05) is 13.2 Å². The normalized spacial score (nSPS) is 12.6. The summed E-state index contributed by atoms with van der Waals surface area (Å²) >= 11 is 0. The van der Waals surface area contributed by atoms with E-state index in [4.69, 9.17) is 14.2 Å². The molecule has 0 radical (unpaired) electrons. The van der Waals surface area contributed by atoms with Gasteiger partial charge in [0.05, 0.1) is 0 Å². The zero-order chi connectivity index (χ0) is 56.4. The van der Waals surface area contributed by atoms with Crippen molar-refractivity contribution in [3.05, 3.63) is 85.1 Å². The molecule has 6 heteroatoms. The van der Waals surface area contributed by atoms with Gasteiger partial charge in [0.1, 0.15) is 13.2 Å². The van der Waals surface area contributed by atoms with E-state index < -0.39 is 6.10 Å². The summed E-state index contributed by atoms with van der Waals surface area (Å²) in [5.74, 6) is -0.878. The van der Waals surface area contributed by atoms with Crippen LogP contribution in [0.25, 0.3) is 0 Å². The van der Waals surface area contributed by atoms with Crippen molar-refractivity contribution in [1.82, 2.24) is 0 Å². The van der Waals surface area contributed by atoms with Gasteiger partial charge in [-0.15, -0.1) is 0 Å². The summed E-state index contributed by atoms with van der Waals surface area (Å²) in [5.41, 5.74) is 0. The van der Waals surface area contributed by atoms with Gasteiger partial charge in [-0.2, -0.15) is 0 Å². The molecule has 0 aromatic carbocycles. The first-order chi connectivity index (χ1) is 38.5. The van der Waals surface area contributed by atoms with Gasteiger partial charge in [-0.25, -0.2) is 0 Å². The van der Waals surface area contributed by atoms with Gasteiger partial charge >= 0.3 is 17.9 Å². The molecule has 0 aliphatic rings. The smallest absolute Gasteiger partial charge is 0.306 e. The standard InChI is InChI=1S/C72H126O6/c1-4-7-10-13-16-19-22-25-28-31-33-35-36-38-39-41-44-47-50-53-56-59-62-65-71(74)77-68-69(67-76-70(73)64-61-58-55-52-49-46-43-30-27-24-21-18-15-12-9-6-3)78-72(75)66-63-60-57-54-51-48-45-42-40-37-34-32-29-26-23-20-17-14-11-8-5-2/h8,11,17,20,22,25-26,29,31,33-34,36-38,69H,4-7,9-10,12-16,18-19,21,23-24,27-28,30,32,35,39-68H2,1-3H3/b11-8-,20-17-,25-22-,29-26-,33-31-,37-34-,38-36-. The number of carbonyl (C=O) groups is 3. The van der Waals surface area contributed by atoms with Crippen LogP contribution in [0.1, 0.15) is 335 Å². The highest BCUT2D eigenvalue weighted by molar-refractivity contribution is 5.71. The molecule has 0 fully saturated rings. The Morgan fingerprint density at radius 2 is 0.500 bits per heavy atom. The van der Waals surface area contributed by atoms with Crippen LogP contribution in [0.4, 0.5) is 0 Å². The van der Waals surface area contributed by atoms with Crippen molar-refractivity contribution in [2.45, 2.75) is 341 Å². The minimum Gasteiger partial charge on any atom is -0.462 e. The van der Waals surface area contributed by atoms with Crippen LogP contribution in [0.15, 0.2) is 85.1 Å². The van der Waals surface area contributed by atoms with Crippen LogP contribution in [0.5, 0.6) is 0 Å². The summed E-state index contributed by atoms with van der Waals surface area (Å²) in [4.78, 5) is 38.4. The van der Waals surface area contributed by atoms with Crippen molar-refractivity contribution < 1.29 is 28.6 Å². The molecule has 0 aliphatic heterocycles. The first kappa shape index (κ1) is 74.6. The third-order valence-electron chi connectivity index (χ3n) is 14.6. The van der Waals surface area contributed by atoms with Crippen LogP contribution in [-0.4, -0.2) is 37.2 Å². The molecule has 78 heavy (non-hydrogen) atoms. The number of ether oxygens (including phenoxy) is 3. The minimum absolute atomic E-state index is 0.0793. The fraction of sp³-hybridized carbons (Fsp3) is 0.764. The lowest BCUT2D eigenvalue weighted by Gasteiger charge is -2.18. The first-order valence-corrected chi connectivity index (χ1v) is 33.6. The molecular weight excluding hydrogens is 961 g/mol. The van der Waals surface area contributed by atoms with Crippen molar-refractivity contribution in [1.29, 1.82) is 0 Å². The molecule has 0 amide bonds. The van der Waals surface area contributed by atoms with E-state index in [0.29, 0.717) is 19.3 Å². The Morgan fingerprint density at radius 1 is 0.269 bits per heavy atom. The Hall–Kier alpha value is -3.41. The van der Waals surface area contributed by atoms with E-state index in [-0.39, 0.29) is 31.1 Å². The molecule has 0 saturated heterocycles. The average molecular weight is 1090 g/mol. The molecule has 6 nitrogen and oxygen atoms in total. The summed E-state index contributed by atoms with van der Waals surface area (Å²) in [6.45, 7) is 6.55. The van der Waals surface area contributed by atoms with E-state index in [1.807, 2.05) is 0 Å². The number of hydrogen-bond acceptors (Lipinski definition) is 6. The van der Waals surface area contributed by atoms with Gasteiger partial charge in [-0.1, -0.05) is 305 Å². The summed E-state index contributed by atoms with van der Waals surface area (Å²) in [5, 5.41) is 0. The fourth-order valence-electron chi connectivity index (χ4n) is 9.62. The zero-order valence-electron chi connectivity index (χ0n) is 51.7. The largest absolute Gasteiger partial charge is 0.462 e. The van der Waals surface area contributed by atoms with Crippen LogP contribution in [0, 0.1) is 0 Å². The Bertz CT molecular complexity index is 1480. The number of carbonyl (C=O) groups excluding carboxylic acids is 3. The molecule has 0 rings (SSSR count). The van der Waals surface area contributed by atoms with Crippen molar-refractivity contribution in [3.63, 3.8) is 0 Å². The monoisotopic (exact) mass is 1090 g/mol. The highest BCUT2D eigenvalue weighted by Crippen LogP contribution is 2.17. The minimum atomic E-state index is -0.785. The molecule has 0 aliphatic carbocycles. The molecule has 0 aromatic rings. The maximum Gasteiger partial charge on any atom is 0.306 e. The lowest BCUT2D eigenvalue weighted by molar-refractivity contribution is -0.167. The fourth-order valence-corrected chi connectivity index (χ4v) is 9.62. The second-order valence-corrected chi connectivity index (χ2v) is 22.4. The van der Waals surface area contributed by atoms with Crippen molar-refractivity contribution in [3.8, 4) is 0 Å². The van der Waals surface area contributed by atoms with Crippen molar-refractivity contribution >= 4 is 17.9 Å². The maximum atomic E-state index is 12.9. The van der Waals surface area contributed by atoms with Gasteiger partial charge in [-0.05, 0) is 96.3 Å². The van der Waals surface area contributed by atoms with Gasteiger partial charge in [0, 0.05) is 19.3 Å². The van der Waals surface area contributed by atoms with Crippen LogP contribution >= 0.6 is 0 Å². The molecule has 1 unspecified atom stereocenters. The molecule has 0 spiro atoms. The highest BCUT2D eigenvalue weighted by atomic mass is 16.6. The number of unbranched alkanes of at least 4 members (excludes halogenated alkanes) is 36. The van der Waals surface area contributed by atoms with Crippen LogP contribution < -0.4 is 0 Å². The molecular formula is C72H126O6. The number of esters is 3. The Morgan fingerprint density at radius 3 is 0.782 bits per heavy atom. The number of rotatable bonds is 61. The molecule has 450 valence electrons. The summed E-state index contributed by atoms with van der Waals surface area (Å²) in [6, 6.07) is 0. The van der Waals surface area contributed by atoms with E-state index in [1.54, 1.807) is 0 Å². The molecule has 0 saturated carbocycles. The zero-order valence-corrected chi connectivity index (χ0v) is 51.7. The highest BCUT2D eigenvalue weighted by Gasteiger charge is 2.19. The summed E-state index contributed by atoms with van der Waals surface area (Å²) < 4.78 is 17.0. The third-order valence-corrected chi connectivity index (χ3v) is 14.6. The molecule has 0 bridgehead atoms. The molecule has 1 atom stereocenters. The van der Waals surface area contributed by atoms with E-state index in [0.717, 1.165) is 109 Å². The molecule has 0 heterocycles. The van der Waals surface area contributed by atoms with Crippen LogP contribution in [-0.2, 0) is 28.6 Å². The first-order valence-electron chi connectivity index (χ1n) is 33.6. The van der Waals surface area contributed by atoms with Gasteiger partial charge in [0.2, 0.25) is 0 Å². The van der Waals surface area contributed by atoms with E-state index in [2.05, 4.69) is 106 Å².